The van der Waals surface area contributed by atoms with Crippen LogP contribution in [0.4, 0.5) is 10.1 Å². The van der Waals surface area contributed by atoms with Crippen molar-refractivity contribution in [1.29, 1.82) is 0 Å². The first-order valence-electron chi connectivity index (χ1n) is 8.69. The standard InChI is InChI=1S/C19H16FN5O5/c20-11-6-4-10(5-7-11)17(28)22-8-14(26)21-9-15(27)23-13-3-1-2-12-16(13)19(30)25-24-18(12)29/h1-7H,8-9H2,(H,21,26)(H,22,28)(H,23,27)(H,24,29)(H,25,30). The molecule has 1 aromatic heterocycles. The first-order chi connectivity index (χ1) is 14.3. The highest BCUT2D eigenvalue weighted by Crippen LogP contribution is 2.16. The minimum Gasteiger partial charge on any atom is -0.345 e. The van der Waals surface area contributed by atoms with Crippen molar-refractivity contribution in [3.05, 3.63) is 74.6 Å². The molecule has 1 heterocycles. The summed E-state index contributed by atoms with van der Waals surface area (Å²) in [5.41, 5.74) is -0.819. The molecular formula is C19H16FN5O5. The predicted octanol–water partition coefficient (Wildman–Crippen LogP) is -0.160. The first-order valence-corrected chi connectivity index (χ1v) is 8.69. The van der Waals surface area contributed by atoms with Gasteiger partial charge in [-0.25, -0.2) is 4.39 Å². The fourth-order valence-corrected chi connectivity index (χ4v) is 2.63. The van der Waals surface area contributed by atoms with Gasteiger partial charge >= 0.3 is 0 Å². The third-order valence-electron chi connectivity index (χ3n) is 4.06. The third-order valence-corrected chi connectivity index (χ3v) is 4.06. The van der Waals surface area contributed by atoms with Crippen molar-refractivity contribution < 1.29 is 18.8 Å². The van der Waals surface area contributed by atoms with Crippen LogP contribution >= 0.6 is 0 Å². The molecule has 0 saturated carbocycles. The van der Waals surface area contributed by atoms with Crippen molar-refractivity contribution in [2.45, 2.75) is 0 Å². The van der Waals surface area contributed by atoms with Crippen molar-refractivity contribution in [2.75, 3.05) is 18.4 Å². The molecule has 154 valence electrons. The summed E-state index contributed by atoms with van der Waals surface area (Å²) in [5, 5.41) is 11.6. The van der Waals surface area contributed by atoms with Crippen LogP contribution in [0.2, 0.25) is 0 Å². The number of fused-ring (bicyclic) bond motifs is 1. The molecule has 3 amide bonds. The lowest BCUT2D eigenvalue weighted by Crippen LogP contribution is -2.40. The maximum atomic E-state index is 12.9. The van der Waals surface area contributed by atoms with Gasteiger partial charge in [-0.15, -0.1) is 0 Å². The molecule has 0 saturated heterocycles. The molecule has 3 aromatic rings. The summed E-state index contributed by atoms with van der Waals surface area (Å²) >= 11 is 0. The zero-order valence-electron chi connectivity index (χ0n) is 15.4. The van der Waals surface area contributed by atoms with Crippen LogP contribution in [0.3, 0.4) is 0 Å². The summed E-state index contributed by atoms with van der Waals surface area (Å²) in [6.07, 6.45) is 0. The Morgan fingerprint density at radius 3 is 2.23 bits per heavy atom. The second-order valence-corrected chi connectivity index (χ2v) is 6.15. The number of benzene rings is 2. The number of aromatic nitrogens is 2. The number of amides is 3. The van der Waals surface area contributed by atoms with Gasteiger partial charge in [-0.05, 0) is 36.4 Å². The van der Waals surface area contributed by atoms with E-state index in [0.29, 0.717) is 0 Å². The lowest BCUT2D eigenvalue weighted by atomic mass is 10.1. The molecule has 0 spiro atoms. The quantitative estimate of drug-likeness (QED) is 0.380. The van der Waals surface area contributed by atoms with Gasteiger partial charge < -0.3 is 16.0 Å². The zero-order chi connectivity index (χ0) is 21.7. The zero-order valence-corrected chi connectivity index (χ0v) is 15.4. The van der Waals surface area contributed by atoms with Crippen molar-refractivity contribution in [1.82, 2.24) is 20.8 Å². The third kappa shape index (κ3) is 4.76. The first kappa shape index (κ1) is 20.5. The highest BCUT2D eigenvalue weighted by Gasteiger charge is 2.12. The Labute approximate surface area is 167 Å². The van der Waals surface area contributed by atoms with Crippen LogP contribution in [0, 0.1) is 5.82 Å². The van der Waals surface area contributed by atoms with Crippen LogP contribution in [0.5, 0.6) is 0 Å². The number of hydrogen-bond donors (Lipinski definition) is 5. The summed E-state index contributed by atoms with van der Waals surface area (Å²) in [6.45, 7) is -0.824. The Bertz CT molecular complexity index is 1230. The molecule has 0 atom stereocenters. The largest absolute Gasteiger partial charge is 0.345 e. The molecule has 0 aliphatic carbocycles. The number of hydrogen-bond acceptors (Lipinski definition) is 5. The molecule has 2 aromatic carbocycles. The van der Waals surface area contributed by atoms with E-state index in [2.05, 4.69) is 26.1 Å². The number of nitrogens with one attached hydrogen (secondary N) is 5. The average Bonchev–Trinajstić information content (AvgIpc) is 2.73. The van der Waals surface area contributed by atoms with Crippen molar-refractivity contribution in [3.8, 4) is 0 Å². The number of anilines is 1. The lowest BCUT2D eigenvalue weighted by Gasteiger charge is -2.09. The number of rotatable bonds is 6. The molecule has 0 bridgehead atoms. The Morgan fingerprint density at radius 1 is 0.833 bits per heavy atom. The van der Waals surface area contributed by atoms with Gasteiger partial charge in [0.2, 0.25) is 11.8 Å². The van der Waals surface area contributed by atoms with E-state index in [4.69, 9.17) is 0 Å². The van der Waals surface area contributed by atoms with Gasteiger partial charge in [0.05, 0.1) is 29.5 Å². The minimum absolute atomic E-state index is 0.00693. The minimum atomic E-state index is -0.639. The molecule has 3 rings (SSSR count). The van der Waals surface area contributed by atoms with Gasteiger partial charge in [0.1, 0.15) is 5.82 Å². The molecule has 0 fully saturated rings. The molecule has 0 aliphatic rings. The fraction of sp³-hybridized carbons (Fsp3) is 0.105. The average molecular weight is 413 g/mol. The molecule has 0 radical (unpaired) electrons. The fourth-order valence-electron chi connectivity index (χ4n) is 2.63. The Morgan fingerprint density at radius 2 is 1.50 bits per heavy atom. The van der Waals surface area contributed by atoms with E-state index in [9.17, 15) is 28.4 Å². The SMILES string of the molecule is O=C(CNC(=O)c1ccc(F)cc1)NCC(=O)Nc1cccc2c(=O)[nH][nH]c(=O)c12. The van der Waals surface area contributed by atoms with Crippen molar-refractivity contribution >= 4 is 34.2 Å². The molecule has 10 nitrogen and oxygen atoms in total. The summed E-state index contributed by atoms with van der Waals surface area (Å²) in [4.78, 5) is 59.6. The van der Waals surface area contributed by atoms with Gasteiger partial charge in [-0.1, -0.05) is 6.07 Å². The van der Waals surface area contributed by atoms with E-state index < -0.39 is 47.7 Å². The van der Waals surface area contributed by atoms with E-state index in [1.807, 2.05) is 0 Å². The van der Waals surface area contributed by atoms with Crippen molar-refractivity contribution in [3.63, 3.8) is 0 Å². The van der Waals surface area contributed by atoms with E-state index in [1.165, 1.54) is 30.3 Å². The van der Waals surface area contributed by atoms with Crippen LogP contribution in [0.25, 0.3) is 10.8 Å². The van der Waals surface area contributed by atoms with Gasteiger partial charge in [0.25, 0.3) is 17.0 Å². The molecule has 30 heavy (non-hydrogen) atoms. The van der Waals surface area contributed by atoms with E-state index in [1.54, 1.807) is 0 Å². The van der Waals surface area contributed by atoms with Gasteiger partial charge in [-0.2, -0.15) is 0 Å². The monoisotopic (exact) mass is 413 g/mol. The summed E-state index contributed by atoms with van der Waals surface area (Å²) in [6, 6.07) is 9.15. The summed E-state index contributed by atoms with van der Waals surface area (Å²) in [7, 11) is 0. The molecular weight excluding hydrogens is 397 g/mol. The van der Waals surface area contributed by atoms with E-state index >= 15 is 0 Å². The molecule has 0 aliphatic heterocycles. The summed E-state index contributed by atoms with van der Waals surface area (Å²) < 4.78 is 12.9. The number of aromatic amines is 2. The molecule has 0 unspecified atom stereocenters. The maximum Gasteiger partial charge on any atom is 0.272 e. The maximum absolute atomic E-state index is 12.9. The number of carbonyl (C=O) groups excluding carboxylic acids is 3. The predicted molar refractivity (Wildman–Crippen MR) is 106 cm³/mol. The Balaban J connectivity index is 1.54. The highest BCUT2D eigenvalue weighted by atomic mass is 19.1. The Hall–Kier alpha value is -4.28. The number of carbonyl (C=O) groups is 3. The smallest absolute Gasteiger partial charge is 0.272 e. The number of halogens is 1. The second-order valence-electron chi connectivity index (χ2n) is 6.15. The topological polar surface area (TPSA) is 153 Å². The lowest BCUT2D eigenvalue weighted by molar-refractivity contribution is -0.123. The number of H-pyrrole nitrogens is 2. The molecule has 5 N–H and O–H groups in total. The van der Waals surface area contributed by atoms with Crippen LogP contribution < -0.4 is 27.1 Å². The van der Waals surface area contributed by atoms with E-state index in [0.717, 1.165) is 12.1 Å². The van der Waals surface area contributed by atoms with Crippen LogP contribution in [-0.2, 0) is 9.59 Å². The Kier molecular flexibility index (Phi) is 6.01. The second kappa shape index (κ2) is 8.82. The normalized spacial score (nSPS) is 10.4. The van der Waals surface area contributed by atoms with Crippen LogP contribution in [0.15, 0.2) is 52.1 Å². The molecule has 11 heteroatoms. The van der Waals surface area contributed by atoms with Crippen LogP contribution in [-0.4, -0.2) is 41.0 Å². The van der Waals surface area contributed by atoms with Gasteiger partial charge in [0.15, 0.2) is 0 Å². The highest BCUT2D eigenvalue weighted by molar-refractivity contribution is 6.03. The van der Waals surface area contributed by atoms with Gasteiger partial charge in [0, 0.05) is 5.56 Å². The van der Waals surface area contributed by atoms with E-state index in [-0.39, 0.29) is 22.0 Å². The van der Waals surface area contributed by atoms with Crippen LogP contribution in [0.1, 0.15) is 10.4 Å². The van der Waals surface area contributed by atoms with Gasteiger partial charge in [-0.3, -0.25) is 34.2 Å². The van der Waals surface area contributed by atoms with Crippen molar-refractivity contribution in [2.24, 2.45) is 0 Å². The summed E-state index contributed by atoms with van der Waals surface area (Å²) in [5.74, 6) is -2.34.